The summed E-state index contributed by atoms with van der Waals surface area (Å²) >= 11 is 5.86. The van der Waals surface area contributed by atoms with E-state index in [0.29, 0.717) is 36.5 Å². The lowest BCUT2D eigenvalue weighted by atomic mass is 9.96. The molecule has 2 aromatic carbocycles. The normalized spacial score (nSPS) is 14.7. The molecule has 0 atom stereocenters. The predicted molar refractivity (Wildman–Crippen MR) is 103 cm³/mol. The van der Waals surface area contributed by atoms with Gasteiger partial charge < -0.3 is 14.4 Å². The molecular formula is C21H22ClNO4. The van der Waals surface area contributed by atoms with Gasteiger partial charge in [0.1, 0.15) is 12.4 Å². The number of methoxy groups -OCH3 is 1. The third-order valence-electron chi connectivity index (χ3n) is 4.75. The second-order valence-corrected chi connectivity index (χ2v) is 6.97. The number of benzene rings is 2. The van der Waals surface area contributed by atoms with Crippen LogP contribution in [-0.2, 0) is 16.1 Å². The molecule has 0 spiro atoms. The number of hydrogen-bond acceptors (Lipinski definition) is 4. The van der Waals surface area contributed by atoms with E-state index in [0.717, 1.165) is 11.3 Å². The Morgan fingerprint density at radius 3 is 2.26 bits per heavy atom. The zero-order valence-electron chi connectivity index (χ0n) is 15.2. The molecule has 0 radical (unpaired) electrons. The van der Waals surface area contributed by atoms with Crippen molar-refractivity contribution in [2.75, 3.05) is 20.2 Å². The van der Waals surface area contributed by atoms with Gasteiger partial charge in [0.15, 0.2) is 0 Å². The first-order chi connectivity index (χ1) is 13.1. The van der Waals surface area contributed by atoms with Crippen LogP contribution in [0.3, 0.4) is 0 Å². The van der Waals surface area contributed by atoms with Gasteiger partial charge in [-0.1, -0.05) is 23.7 Å². The molecule has 2 aromatic rings. The van der Waals surface area contributed by atoms with Gasteiger partial charge in [0, 0.05) is 23.7 Å². The fraction of sp³-hybridized carbons (Fsp3) is 0.333. The van der Waals surface area contributed by atoms with E-state index < -0.39 is 0 Å². The molecule has 1 amide bonds. The van der Waals surface area contributed by atoms with Crippen molar-refractivity contribution in [2.45, 2.75) is 19.4 Å². The Morgan fingerprint density at radius 1 is 1.04 bits per heavy atom. The first kappa shape index (κ1) is 19.2. The average molecular weight is 388 g/mol. The van der Waals surface area contributed by atoms with Crippen LogP contribution >= 0.6 is 11.6 Å². The van der Waals surface area contributed by atoms with Gasteiger partial charge >= 0.3 is 5.97 Å². The first-order valence-corrected chi connectivity index (χ1v) is 9.29. The Bertz CT molecular complexity index is 781. The van der Waals surface area contributed by atoms with Gasteiger partial charge in [-0.2, -0.15) is 0 Å². The van der Waals surface area contributed by atoms with Crippen molar-refractivity contribution in [3.8, 4) is 5.75 Å². The molecule has 0 unspecified atom stereocenters. The maximum absolute atomic E-state index is 12.5. The number of nitrogens with zero attached hydrogens (tertiary/aromatic N) is 1. The Hall–Kier alpha value is -2.53. The summed E-state index contributed by atoms with van der Waals surface area (Å²) in [5.74, 6) is 0.362. The number of carbonyl (C=O) groups excluding carboxylic acids is 2. The van der Waals surface area contributed by atoms with Crippen molar-refractivity contribution in [1.29, 1.82) is 0 Å². The summed E-state index contributed by atoms with van der Waals surface area (Å²) in [4.78, 5) is 26.6. The van der Waals surface area contributed by atoms with Crippen molar-refractivity contribution in [3.05, 3.63) is 64.7 Å². The molecule has 5 nitrogen and oxygen atoms in total. The van der Waals surface area contributed by atoms with Gasteiger partial charge in [-0.25, -0.2) is 0 Å². The molecule has 0 N–H and O–H groups in total. The minimum absolute atomic E-state index is 0.0308. The third kappa shape index (κ3) is 5.01. The summed E-state index contributed by atoms with van der Waals surface area (Å²) in [6.07, 6.45) is 1.22. The van der Waals surface area contributed by atoms with E-state index in [1.54, 1.807) is 36.3 Å². The lowest BCUT2D eigenvalue weighted by Gasteiger charge is -2.31. The quantitative estimate of drug-likeness (QED) is 0.729. The summed E-state index contributed by atoms with van der Waals surface area (Å²) in [7, 11) is 1.61. The predicted octanol–water partition coefficient (Wildman–Crippen LogP) is 3.94. The Balaban J connectivity index is 1.47. The number of ether oxygens (including phenoxy) is 2. The van der Waals surface area contributed by atoms with Crippen LogP contribution in [0.1, 0.15) is 28.8 Å². The number of likely N-dealkylation sites (tertiary alicyclic amines) is 1. The smallest absolute Gasteiger partial charge is 0.309 e. The monoisotopic (exact) mass is 387 g/mol. The SMILES string of the molecule is COc1ccc(COC(=O)C2CCN(C(=O)c3ccc(Cl)cc3)CC2)cc1. The van der Waals surface area contributed by atoms with E-state index >= 15 is 0 Å². The number of hydrogen-bond donors (Lipinski definition) is 0. The van der Waals surface area contributed by atoms with Crippen LogP contribution in [0.5, 0.6) is 5.75 Å². The van der Waals surface area contributed by atoms with Gasteiger partial charge in [0.2, 0.25) is 0 Å². The lowest BCUT2D eigenvalue weighted by Crippen LogP contribution is -2.40. The number of halogens is 1. The fourth-order valence-electron chi connectivity index (χ4n) is 3.09. The second kappa shape index (κ2) is 8.91. The van der Waals surface area contributed by atoms with Crippen LogP contribution in [0.4, 0.5) is 0 Å². The minimum atomic E-state index is -0.204. The van der Waals surface area contributed by atoms with Crippen LogP contribution in [0, 0.1) is 5.92 Å². The van der Waals surface area contributed by atoms with Gasteiger partial charge in [-0.3, -0.25) is 9.59 Å². The van der Waals surface area contributed by atoms with Crippen LogP contribution in [0.2, 0.25) is 5.02 Å². The standard InChI is InChI=1S/C21H22ClNO4/c1-26-19-8-2-15(3-9-19)14-27-21(25)17-10-12-23(13-11-17)20(24)16-4-6-18(22)7-5-16/h2-9,17H,10-14H2,1H3. The largest absolute Gasteiger partial charge is 0.497 e. The zero-order chi connectivity index (χ0) is 19.2. The van der Waals surface area contributed by atoms with Crippen LogP contribution in [0.25, 0.3) is 0 Å². The molecule has 27 heavy (non-hydrogen) atoms. The maximum Gasteiger partial charge on any atom is 0.309 e. The summed E-state index contributed by atoms with van der Waals surface area (Å²) in [6.45, 7) is 1.33. The van der Waals surface area contributed by atoms with Gasteiger partial charge in [0.25, 0.3) is 5.91 Å². The van der Waals surface area contributed by atoms with E-state index in [-0.39, 0.29) is 24.4 Å². The highest BCUT2D eigenvalue weighted by molar-refractivity contribution is 6.30. The zero-order valence-corrected chi connectivity index (χ0v) is 15.9. The molecule has 1 saturated heterocycles. The molecule has 1 aliphatic heterocycles. The van der Waals surface area contributed by atoms with E-state index in [1.807, 2.05) is 24.3 Å². The number of carbonyl (C=O) groups is 2. The van der Waals surface area contributed by atoms with Crippen LogP contribution in [-0.4, -0.2) is 37.0 Å². The van der Waals surface area contributed by atoms with Gasteiger partial charge in [-0.05, 0) is 54.8 Å². The molecular weight excluding hydrogens is 366 g/mol. The van der Waals surface area contributed by atoms with E-state index in [9.17, 15) is 9.59 Å². The summed E-state index contributed by atoms with van der Waals surface area (Å²) in [6, 6.07) is 14.3. The Kier molecular flexibility index (Phi) is 6.35. The highest BCUT2D eigenvalue weighted by Crippen LogP contribution is 2.22. The fourth-order valence-corrected chi connectivity index (χ4v) is 3.21. The minimum Gasteiger partial charge on any atom is -0.497 e. The average Bonchev–Trinajstić information content (AvgIpc) is 2.72. The van der Waals surface area contributed by atoms with Gasteiger partial charge in [0.05, 0.1) is 13.0 Å². The Labute approximate surface area is 163 Å². The Morgan fingerprint density at radius 2 is 1.67 bits per heavy atom. The van der Waals surface area contributed by atoms with Gasteiger partial charge in [-0.15, -0.1) is 0 Å². The number of rotatable bonds is 5. The lowest BCUT2D eigenvalue weighted by molar-refractivity contribution is -0.151. The summed E-state index contributed by atoms with van der Waals surface area (Å²) in [5, 5.41) is 0.602. The molecule has 1 fully saturated rings. The number of amides is 1. The molecule has 0 aliphatic carbocycles. The van der Waals surface area contributed by atoms with Crippen molar-refractivity contribution >= 4 is 23.5 Å². The molecule has 1 heterocycles. The van der Waals surface area contributed by atoms with Crippen molar-refractivity contribution < 1.29 is 19.1 Å². The maximum atomic E-state index is 12.5. The van der Waals surface area contributed by atoms with Crippen molar-refractivity contribution in [1.82, 2.24) is 4.90 Å². The van der Waals surface area contributed by atoms with E-state index in [1.165, 1.54) is 0 Å². The first-order valence-electron chi connectivity index (χ1n) is 8.91. The molecule has 3 rings (SSSR count). The molecule has 0 aromatic heterocycles. The molecule has 0 bridgehead atoms. The molecule has 142 valence electrons. The van der Waals surface area contributed by atoms with Crippen molar-refractivity contribution in [3.63, 3.8) is 0 Å². The second-order valence-electron chi connectivity index (χ2n) is 6.53. The molecule has 6 heteroatoms. The summed E-state index contributed by atoms with van der Waals surface area (Å²) in [5.41, 5.74) is 1.53. The molecule has 1 aliphatic rings. The summed E-state index contributed by atoms with van der Waals surface area (Å²) < 4.78 is 10.5. The molecule has 0 saturated carbocycles. The van der Waals surface area contributed by atoms with E-state index in [4.69, 9.17) is 21.1 Å². The number of esters is 1. The third-order valence-corrected chi connectivity index (χ3v) is 5.00. The topological polar surface area (TPSA) is 55.8 Å². The highest BCUT2D eigenvalue weighted by atomic mass is 35.5. The van der Waals surface area contributed by atoms with E-state index in [2.05, 4.69) is 0 Å². The van der Waals surface area contributed by atoms with Crippen LogP contribution < -0.4 is 4.74 Å². The highest BCUT2D eigenvalue weighted by Gasteiger charge is 2.28. The van der Waals surface area contributed by atoms with Crippen molar-refractivity contribution in [2.24, 2.45) is 5.92 Å². The van der Waals surface area contributed by atoms with Crippen LogP contribution in [0.15, 0.2) is 48.5 Å². The number of piperidine rings is 1.